The number of nitrogens with zero attached hydrogens (tertiary/aromatic N) is 1. The average Bonchev–Trinajstić information content (AvgIpc) is 2.23. The van der Waals surface area contributed by atoms with Crippen LogP contribution in [0.2, 0.25) is 0 Å². The van der Waals surface area contributed by atoms with Gasteiger partial charge < -0.3 is 4.90 Å². The zero-order valence-corrected chi connectivity index (χ0v) is 11.1. The molecule has 0 unspecified atom stereocenters. The normalized spacial score (nSPS) is 10.4. The quantitative estimate of drug-likeness (QED) is 0.747. The lowest BCUT2D eigenvalue weighted by molar-refractivity contribution is -0.116. The van der Waals surface area contributed by atoms with Gasteiger partial charge in [-0.2, -0.15) is 0 Å². The maximum absolute atomic E-state index is 11.6. The summed E-state index contributed by atoms with van der Waals surface area (Å²) in [5.41, 5.74) is 6.11. The van der Waals surface area contributed by atoms with Gasteiger partial charge in [0.1, 0.15) is 0 Å². The molecule has 0 aliphatic rings. The van der Waals surface area contributed by atoms with E-state index in [1.165, 1.54) is 22.3 Å². The molecule has 0 fully saturated rings. The number of amides is 1. The lowest BCUT2D eigenvalue weighted by Crippen LogP contribution is -2.29. The Morgan fingerprint density at radius 1 is 1.12 bits per heavy atom. The first-order valence-electron chi connectivity index (χ1n) is 5.75. The lowest BCUT2D eigenvalue weighted by Gasteiger charge is -2.24. The van der Waals surface area contributed by atoms with E-state index in [-0.39, 0.29) is 5.91 Å². The minimum atomic E-state index is 0.105. The summed E-state index contributed by atoms with van der Waals surface area (Å²) in [4.78, 5) is 13.4. The Morgan fingerprint density at radius 2 is 1.69 bits per heavy atom. The van der Waals surface area contributed by atoms with E-state index in [1.54, 1.807) is 6.92 Å². The molecule has 1 aromatic rings. The van der Waals surface area contributed by atoms with Crippen LogP contribution in [0.5, 0.6) is 0 Å². The Kier molecular flexibility index (Phi) is 3.74. The first-order chi connectivity index (χ1) is 7.40. The van der Waals surface area contributed by atoms with Crippen molar-refractivity contribution in [1.29, 1.82) is 0 Å². The predicted molar refractivity (Wildman–Crippen MR) is 69.1 cm³/mol. The molecule has 0 radical (unpaired) electrons. The minimum absolute atomic E-state index is 0.105. The molecule has 2 heteroatoms. The predicted octanol–water partition coefficient (Wildman–Crippen LogP) is 3.29. The van der Waals surface area contributed by atoms with Gasteiger partial charge in [-0.1, -0.05) is 0 Å². The molecule has 1 rings (SSSR count). The molecule has 0 aliphatic carbocycles. The van der Waals surface area contributed by atoms with Crippen molar-refractivity contribution in [3.63, 3.8) is 0 Å². The first-order valence-corrected chi connectivity index (χ1v) is 5.75. The van der Waals surface area contributed by atoms with Crippen LogP contribution in [0.25, 0.3) is 0 Å². The van der Waals surface area contributed by atoms with Crippen molar-refractivity contribution in [2.75, 3.05) is 11.4 Å². The molecule has 88 valence electrons. The van der Waals surface area contributed by atoms with Gasteiger partial charge in [0, 0.05) is 19.2 Å². The molecule has 0 heterocycles. The van der Waals surface area contributed by atoms with E-state index >= 15 is 0 Å². The van der Waals surface area contributed by atoms with Crippen molar-refractivity contribution in [3.05, 3.63) is 28.3 Å². The fraction of sp³-hybridized carbons (Fsp3) is 0.500. The summed E-state index contributed by atoms with van der Waals surface area (Å²) >= 11 is 0. The monoisotopic (exact) mass is 219 g/mol. The third-order valence-corrected chi connectivity index (χ3v) is 3.44. The Hall–Kier alpha value is -1.31. The Bertz CT molecular complexity index is 421. The Morgan fingerprint density at radius 3 is 2.12 bits per heavy atom. The van der Waals surface area contributed by atoms with Crippen molar-refractivity contribution < 1.29 is 4.79 Å². The van der Waals surface area contributed by atoms with E-state index in [0.717, 1.165) is 12.2 Å². The zero-order chi connectivity index (χ0) is 12.5. The van der Waals surface area contributed by atoms with Crippen LogP contribution in [-0.4, -0.2) is 12.5 Å². The summed E-state index contributed by atoms with van der Waals surface area (Å²) in [5, 5.41) is 0. The van der Waals surface area contributed by atoms with Crippen molar-refractivity contribution in [3.8, 4) is 0 Å². The lowest BCUT2D eigenvalue weighted by atomic mass is 9.97. The van der Waals surface area contributed by atoms with Gasteiger partial charge in [0.15, 0.2) is 0 Å². The van der Waals surface area contributed by atoms with Crippen LogP contribution in [0.15, 0.2) is 6.07 Å². The molecule has 16 heavy (non-hydrogen) atoms. The summed E-state index contributed by atoms with van der Waals surface area (Å²) in [5.74, 6) is 0.105. The third-order valence-electron chi connectivity index (χ3n) is 3.44. The van der Waals surface area contributed by atoms with E-state index < -0.39 is 0 Å². The van der Waals surface area contributed by atoms with E-state index in [2.05, 4.69) is 33.8 Å². The van der Waals surface area contributed by atoms with Crippen molar-refractivity contribution in [2.24, 2.45) is 0 Å². The number of carbonyl (C=O) groups excluding carboxylic acids is 1. The van der Waals surface area contributed by atoms with Gasteiger partial charge in [-0.05, 0) is 62.9 Å². The topological polar surface area (TPSA) is 20.3 Å². The minimum Gasteiger partial charge on any atom is -0.313 e. The highest BCUT2D eigenvalue weighted by Gasteiger charge is 2.14. The van der Waals surface area contributed by atoms with Gasteiger partial charge in [0.2, 0.25) is 5.91 Å². The van der Waals surface area contributed by atoms with E-state index in [4.69, 9.17) is 0 Å². The van der Waals surface area contributed by atoms with Crippen LogP contribution in [0.3, 0.4) is 0 Å². The zero-order valence-electron chi connectivity index (χ0n) is 11.1. The van der Waals surface area contributed by atoms with Gasteiger partial charge in [-0.25, -0.2) is 0 Å². The summed E-state index contributed by atoms with van der Waals surface area (Å²) in [6, 6.07) is 2.11. The molecule has 0 aliphatic heterocycles. The van der Waals surface area contributed by atoms with Crippen molar-refractivity contribution >= 4 is 11.6 Å². The highest BCUT2D eigenvalue weighted by molar-refractivity contribution is 5.92. The highest BCUT2D eigenvalue weighted by atomic mass is 16.2. The number of anilines is 1. The molecule has 1 amide bonds. The molecule has 0 bridgehead atoms. The summed E-state index contributed by atoms with van der Waals surface area (Å²) in [6.45, 7) is 12.8. The molecule has 0 saturated carbocycles. The Balaban J connectivity index is 3.39. The van der Waals surface area contributed by atoms with Crippen molar-refractivity contribution in [1.82, 2.24) is 0 Å². The highest BCUT2D eigenvalue weighted by Crippen LogP contribution is 2.28. The number of carbonyl (C=O) groups is 1. The summed E-state index contributed by atoms with van der Waals surface area (Å²) in [6.07, 6.45) is 0. The second-order valence-electron chi connectivity index (χ2n) is 4.35. The second kappa shape index (κ2) is 4.69. The maximum Gasteiger partial charge on any atom is 0.223 e. The van der Waals surface area contributed by atoms with E-state index in [1.807, 2.05) is 11.8 Å². The third kappa shape index (κ3) is 2.11. The van der Waals surface area contributed by atoms with Crippen LogP contribution in [0, 0.1) is 27.7 Å². The number of hydrogen-bond acceptors (Lipinski definition) is 1. The van der Waals surface area contributed by atoms with Crippen LogP contribution < -0.4 is 4.90 Å². The molecule has 0 spiro atoms. The van der Waals surface area contributed by atoms with Crippen LogP contribution in [0.1, 0.15) is 36.1 Å². The molecule has 0 N–H and O–H groups in total. The van der Waals surface area contributed by atoms with Gasteiger partial charge in [-0.3, -0.25) is 4.79 Å². The molecule has 0 aromatic heterocycles. The largest absolute Gasteiger partial charge is 0.313 e. The maximum atomic E-state index is 11.6. The number of aryl methyl sites for hydroxylation is 1. The van der Waals surface area contributed by atoms with Crippen LogP contribution in [0.4, 0.5) is 5.69 Å². The smallest absolute Gasteiger partial charge is 0.223 e. The summed E-state index contributed by atoms with van der Waals surface area (Å²) in [7, 11) is 0. The molecular weight excluding hydrogens is 198 g/mol. The molecule has 0 atom stereocenters. The molecule has 2 nitrogen and oxygen atoms in total. The molecule has 1 aromatic carbocycles. The standard InChI is InChI=1S/C14H21NO/c1-7-15(13(6)16)14-8-9(2)10(3)11(4)12(14)5/h8H,7H2,1-6H3. The van der Waals surface area contributed by atoms with Crippen molar-refractivity contribution in [2.45, 2.75) is 41.5 Å². The number of hydrogen-bond donors (Lipinski definition) is 0. The number of rotatable bonds is 2. The van der Waals surface area contributed by atoms with E-state index in [9.17, 15) is 4.79 Å². The van der Waals surface area contributed by atoms with Gasteiger partial charge in [0.25, 0.3) is 0 Å². The fourth-order valence-corrected chi connectivity index (χ4v) is 2.03. The number of benzene rings is 1. The van der Waals surface area contributed by atoms with E-state index in [0.29, 0.717) is 0 Å². The first kappa shape index (κ1) is 12.8. The second-order valence-corrected chi connectivity index (χ2v) is 4.35. The average molecular weight is 219 g/mol. The fourth-order valence-electron chi connectivity index (χ4n) is 2.03. The SMILES string of the molecule is CCN(C(C)=O)c1cc(C)c(C)c(C)c1C. The van der Waals surface area contributed by atoms with Crippen LogP contribution in [-0.2, 0) is 4.79 Å². The van der Waals surface area contributed by atoms with Gasteiger partial charge in [-0.15, -0.1) is 0 Å². The Labute approximate surface area is 98.3 Å². The van der Waals surface area contributed by atoms with Gasteiger partial charge in [0.05, 0.1) is 0 Å². The molecule has 0 saturated heterocycles. The molecular formula is C14H21NO. The van der Waals surface area contributed by atoms with Crippen LogP contribution >= 0.6 is 0 Å². The summed E-state index contributed by atoms with van der Waals surface area (Å²) < 4.78 is 0. The van der Waals surface area contributed by atoms with Gasteiger partial charge >= 0.3 is 0 Å².